The van der Waals surface area contributed by atoms with Crippen LogP contribution in [0.1, 0.15) is 35.8 Å². The molecule has 1 unspecified atom stereocenters. The topological polar surface area (TPSA) is 48.3 Å². The van der Waals surface area contributed by atoms with Crippen molar-refractivity contribution in [3.8, 4) is 11.5 Å². The second-order valence-electron chi connectivity index (χ2n) is 6.38. The van der Waals surface area contributed by atoms with E-state index in [1.807, 2.05) is 6.07 Å². The number of aryl methyl sites for hydroxylation is 2. The molecule has 0 amide bonds. The maximum Gasteiger partial charge on any atom is 0.161 e. The van der Waals surface area contributed by atoms with E-state index in [1.165, 1.54) is 24.2 Å². The van der Waals surface area contributed by atoms with Gasteiger partial charge in [-0.2, -0.15) is 0 Å². The zero-order valence-electron chi connectivity index (χ0n) is 13.5. The molecule has 4 rings (SSSR count). The molecule has 0 saturated carbocycles. The van der Waals surface area contributed by atoms with E-state index in [2.05, 4.69) is 35.1 Å². The van der Waals surface area contributed by atoms with Gasteiger partial charge in [0.2, 0.25) is 0 Å². The summed E-state index contributed by atoms with van der Waals surface area (Å²) in [7, 11) is 0. The van der Waals surface area contributed by atoms with Crippen molar-refractivity contribution in [3.05, 3.63) is 41.5 Å². The molecule has 0 radical (unpaired) electrons. The minimum Gasteiger partial charge on any atom is -0.486 e. The molecule has 0 spiro atoms. The number of nitrogens with one attached hydrogen (secondary N) is 1. The molecule has 0 saturated heterocycles. The standard InChI is InChI=1S/C18H23N3O2/c1-13-12-21-6-2-3-15(18(21)20-13)11-19-10-14-4-5-16-17(9-14)23-8-7-22-16/h4-5,9,12,15,19H,2-3,6-8,10-11H2,1H3. The van der Waals surface area contributed by atoms with E-state index in [-0.39, 0.29) is 0 Å². The Labute approximate surface area is 136 Å². The predicted octanol–water partition coefficient (Wildman–Crippen LogP) is 2.63. The maximum atomic E-state index is 5.64. The first-order valence-corrected chi connectivity index (χ1v) is 8.42. The van der Waals surface area contributed by atoms with Gasteiger partial charge in [-0.15, -0.1) is 0 Å². The van der Waals surface area contributed by atoms with Gasteiger partial charge >= 0.3 is 0 Å². The smallest absolute Gasteiger partial charge is 0.161 e. The molecule has 0 bridgehead atoms. The van der Waals surface area contributed by atoms with Crippen molar-refractivity contribution in [1.82, 2.24) is 14.9 Å². The minimum atomic E-state index is 0.509. The van der Waals surface area contributed by atoms with Crippen molar-refractivity contribution < 1.29 is 9.47 Å². The highest BCUT2D eigenvalue weighted by Gasteiger charge is 2.22. The highest BCUT2D eigenvalue weighted by molar-refractivity contribution is 5.43. The van der Waals surface area contributed by atoms with Crippen LogP contribution in [0.3, 0.4) is 0 Å². The third-order valence-electron chi connectivity index (χ3n) is 4.57. The Kier molecular flexibility index (Phi) is 3.95. The third-order valence-corrected chi connectivity index (χ3v) is 4.57. The van der Waals surface area contributed by atoms with Crippen LogP contribution in [-0.2, 0) is 13.1 Å². The highest BCUT2D eigenvalue weighted by atomic mass is 16.6. The molecule has 2 aliphatic heterocycles. The normalized spacial score (nSPS) is 19.4. The number of rotatable bonds is 4. The van der Waals surface area contributed by atoms with Crippen molar-refractivity contribution in [1.29, 1.82) is 0 Å². The first kappa shape index (κ1) is 14.6. The van der Waals surface area contributed by atoms with Gasteiger partial charge in [0.15, 0.2) is 11.5 Å². The lowest BCUT2D eigenvalue weighted by Gasteiger charge is -2.24. The molecule has 1 aromatic carbocycles. The lowest BCUT2D eigenvalue weighted by molar-refractivity contribution is 0.171. The van der Waals surface area contributed by atoms with E-state index >= 15 is 0 Å². The summed E-state index contributed by atoms with van der Waals surface area (Å²) in [5.74, 6) is 3.46. The van der Waals surface area contributed by atoms with Gasteiger partial charge in [-0.3, -0.25) is 0 Å². The van der Waals surface area contributed by atoms with Crippen LogP contribution in [0.5, 0.6) is 11.5 Å². The summed E-state index contributed by atoms with van der Waals surface area (Å²) in [6.07, 6.45) is 4.62. The van der Waals surface area contributed by atoms with E-state index in [0.29, 0.717) is 19.1 Å². The van der Waals surface area contributed by atoms with Crippen molar-refractivity contribution in [2.45, 2.75) is 38.8 Å². The van der Waals surface area contributed by atoms with Crippen molar-refractivity contribution in [2.24, 2.45) is 0 Å². The molecule has 2 aromatic rings. The van der Waals surface area contributed by atoms with Gasteiger partial charge in [0.05, 0.1) is 5.69 Å². The van der Waals surface area contributed by atoms with Gasteiger partial charge < -0.3 is 19.4 Å². The van der Waals surface area contributed by atoms with Crippen molar-refractivity contribution in [2.75, 3.05) is 19.8 Å². The summed E-state index contributed by atoms with van der Waals surface area (Å²) in [6, 6.07) is 6.18. The van der Waals surface area contributed by atoms with Crippen molar-refractivity contribution >= 4 is 0 Å². The number of benzene rings is 1. The molecule has 122 valence electrons. The number of imidazole rings is 1. The predicted molar refractivity (Wildman–Crippen MR) is 88.1 cm³/mol. The number of ether oxygens (including phenoxy) is 2. The summed E-state index contributed by atoms with van der Waals surface area (Å²) in [5.41, 5.74) is 2.35. The summed E-state index contributed by atoms with van der Waals surface area (Å²) in [5, 5.41) is 3.58. The highest BCUT2D eigenvalue weighted by Crippen LogP contribution is 2.31. The molecular formula is C18H23N3O2. The molecular weight excluding hydrogens is 290 g/mol. The van der Waals surface area contributed by atoms with Crippen LogP contribution in [0.15, 0.2) is 24.4 Å². The van der Waals surface area contributed by atoms with Crippen LogP contribution in [0.4, 0.5) is 0 Å². The van der Waals surface area contributed by atoms with Gasteiger partial charge in [0.1, 0.15) is 19.0 Å². The summed E-state index contributed by atoms with van der Waals surface area (Å²) >= 11 is 0. The monoisotopic (exact) mass is 313 g/mol. The minimum absolute atomic E-state index is 0.509. The zero-order chi connectivity index (χ0) is 15.6. The largest absolute Gasteiger partial charge is 0.486 e. The van der Waals surface area contributed by atoms with Gasteiger partial charge in [-0.1, -0.05) is 6.07 Å². The second-order valence-corrected chi connectivity index (χ2v) is 6.38. The molecule has 1 aromatic heterocycles. The third kappa shape index (κ3) is 3.06. The van der Waals surface area contributed by atoms with E-state index in [0.717, 1.165) is 36.8 Å². The number of hydrogen-bond acceptors (Lipinski definition) is 4. The fourth-order valence-corrected chi connectivity index (χ4v) is 3.49. The first-order chi connectivity index (χ1) is 11.3. The lowest BCUT2D eigenvalue weighted by Crippen LogP contribution is -2.26. The summed E-state index contributed by atoms with van der Waals surface area (Å²) in [4.78, 5) is 4.70. The van der Waals surface area contributed by atoms with Gasteiger partial charge in [-0.05, 0) is 37.5 Å². The van der Waals surface area contributed by atoms with Crippen molar-refractivity contribution in [3.63, 3.8) is 0 Å². The Morgan fingerprint density at radius 3 is 3.04 bits per heavy atom. The lowest BCUT2D eigenvalue weighted by atomic mass is 9.99. The molecule has 0 aliphatic carbocycles. The van der Waals surface area contributed by atoms with Crippen LogP contribution in [0.2, 0.25) is 0 Å². The average molecular weight is 313 g/mol. The molecule has 5 nitrogen and oxygen atoms in total. The number of fused-ring (bicyclic) bond motifs is 2. The van der Waals surface area contributed by atoms with E-state index in [9.17, 15) is 0 Å². The van der Waals surface area contributed by atoms with Crippen LogP contribution in [0.25, 0.3) is 0 Å². The Morgan fingerprint density at radius 1 is 1.26 bits per heavy atom. The fraction of sp³-hybridized carbons (Fsp3) is 0.500. The summed E-state index contributed by atoms with van der Waals surface area (Å²) < 4.78 is 13.5. The quantitative estimate of drug-likeness (QED) is 0.943. The Bertz CT molecular complexity index is 696. The molecule has 5 heteroatoms. The molecule has 1 N–H and O–H groups in total. The Hall–Kier alpha value is -2.01. The van der Waals surface area contributed by atoms with Crippen LogP contribution >= 0.6 is 0 Å². The van der Waals surface area contributed by atoms with Gasteiger partial charge in [-0.25, -0.2) is 4.98 Å². The Balaban J connectivity index is 1.37. The Morgan fingerprint density at radius 2 is 2.13 bits per heavy atom. The molecule has 1 atom stereocenters. The molecule has 0 fully saturated rings. The molecule has 23 heavy (non-hydrogen) atoms. The first-order valence-electron chi connectivity index (χ1n) is 8.42. The second kappa shape index (κ2) is 6.24. The van der Waals surface area contributed by atoms with Gasteiger partial charge in [0, 0.05) is 31.7 Å². The zero-order valence-corrected chi connectivity index (χ0v) is 13.5. The van der Waals surface area contributed by atoms with E-state index in [1.54, 1.807) is 0 Å². The van der Waals surface area contributed by atoms with Crippen LogP contribution < -0.4 is 14.8 Å². The van der Waals surface area contributed by atoms with Crippen LogP contribution in [0, 0.1) is 6.92 Å². The number of aromatic nitrogens is 2. The SMILES string of the molecule is Cc1cn2c(n1)C(CNCc1ccc3c(c1)OCCO3)CCC2. The molecule has 3 heterocycles. The van der Waals surface area contributed by atoms with E-state index in [4.69, 9.17) is 14.5 Å². The van der Waals surface area contributed by atoms with E-state index < -0.39 is 0 Å². The number of nitrogens with zero attached hydrogens (tertiary/aromatic N) is 2. The summed E-state index contributed by atoms with van der Waals surface area (Å²) in [6.45, 7) is 6.25. The maximum absolute atomic E-state index is 5.64. The molecule has 2 aliphatic rings. The average Bonchev–Trinajstić information content (AvgIpc) is 2.96. The van der Waals surface area contributed by atoms with Gasteiger partial charge in [0.25, 0.3) is 0 Å². The number of hydrogen-bond donors (Lipinski definition) is 1. The van der Waals surface area contributed by atoms with Crippen LogP contribution in [-0.4, -0.2) is 29.3 Å². The fourth-order valence-electron chi connectivity index (χ4n) is 3.49.